The molecular formula is C24H27ClN4O2. The number of aromatic nitrogens is 2. The molecule has 0 fully saturated rings. The van der Waals surface area contributed by atoms with Crippen LogP contribution in [-0.4, -0.2) is 27.3 Å². The number of nitrogens with two attached hydrogens (primary N) is 1. The van der Waals surface area contributed by atoms with Gasteiger partial charge in [-0.05, 0) is 43.5 Å². The van der Waals surface area contributed by atoms with Crippen molar-refractivity contribution in [2.75, 3.05) is 0 Å². The Kier molecular flexibility index (Phi) is 7.25. The molecule has 0 aliphatic rings. The number of hydrogen-bond donors (Lipinski definition) is 2. The predicted molar refractivity (Wildman–Crippen MR) is 122 cm³/mol. The molecule has 6 nitrogen and oxygen atoms in total. The number of amides is 1. The number of imidazole rings is 1. The molecule has 0 unspecified atom stereocenters. The summed E-state index contributed by atoms with van der Waals surface area (Å²) in [5.41, 5.74) is 8.47. The molecule has 7 heteroatoms. The van der Waals surface area contributed by atoms with E-state index in [1.807, 2.05) is 43.5 Å². The van der Waals surface area contributed by atoms with E-state index in [9.17, 15) is 9.59 Å². The van der Waals surface area contributed by atoms with Gasteiger partial charge in [-0.15, -0.1) is 0 Å². The average Bonchev–Trinajstić information content (AvgIpc) is 3.11. The Balaban J connectivity index is 1.90. The van der Waals surface area contributed by atoms with Gasteiger partial charge in [-0.1, -0.05) is 49.7 Å². The van der Waals surface area contributed by atoms with Crippen molar-refractivity contribution in [3.63, 3.8) is 0 Å². The van der Waals surface area contributed by atoms with Crippen LogP contribution in [0.2, 0.25) is 5.02 Å². The molecule has 31 heavy (non-hydrogen) atoms. The minimum atomic E-state index is -0.561. The Bertz CT molecular complexity index is 1090. The van der Waals surface area contributed by atoms with E-state index in [0.717, 1.165) is 5.69 Å². The molecule has 3 rings (SSSR count). The fourth-order valence-electron chi connectivity index (χ4n) is 3.51. The molecule has 0 radical (unpaired) electrons. The number of rotatable bonds is 8. The van der Waals surface area contributed by atoms with Crippen LogP contribution in [0.3, 0.4) is 0 Å². The maximum absolute atomic E-state index is 13.2. The molecule has 2 aromatic carbocycles. The topological polar surface area (TPSA) is 90.0 Å². The standard InChI is InChI=1S/C24H27ClN4O2/c1-15(2)11-21(26)24(31)28-14-19-13-27-16(3)29(19)22-10-5-4-9-20(22)23(30)17-7-6-8-18(25)12-17/h4-10,12-13,15,21H,11,14,26H2,1-3H3,(H,28,31)/t21-/m0/s1. The quantitative estimate of drug-likeness (QED) is 0.519. The maximum Gasteiger partial charge on any atom is 0.237 e. The van der Waals surface area contributed by atoms with Gasteiger partial charge in [0.1, 0.15) is 5.82 Å². The smallest absolute Gasteiger partial charge is 0.237 e. The Hall–Kier alpha value is -2.96. The molecule has 0 aliphatic carbocycles. The monoisotopic (exact) mass is 438 g/mol. The first-order valence-electron chi connectivity index (χ1n) is 10.2. The fraction of sp³-hybridized carbons (Fsp3) is 0.292. The number of nitrogens with zero attached hydrogens (tertiary/aromatic N) is 2. The molecule has 1 heterocycles. The van der Waals surface area contributed by atoms with Crippen molar-refractivity contribution in [2.45, 2.75) is 39.8 Å². The van der Waals surface area contributed by atoms with Crippen molar-refractivity contribution in [3.05, 3.63) is 82.4 Å². The lowest BCUT2D eigenvalue weighted by molar-refractivity contribution is -0.122. The van der Waals surface area contributed by atoms with Gasteiger partial charge >= 0.3 is 0 Å². The van der Waals surface area contributed by atoms with E-state index in [4.69, 9.17) is 17.3 Å². The van der Waals surface area contributed by atoms with Crippen molar-refractivity contribution >= 4 is 23.3 Å². The molecule has 0 spiro atoms. The Morgan fingerprint density at radius 2 is 1.90 bits per heavy atom. The number of para-hydroxylation sites is 1. The van der Waals surface area contributed by atoms with Crippen LogP contribution in [0, 0.1) is 12.8 Å². The van der Waals surface area contributed by atoms with Gasteiger partial charge in [0.05, 0.1) is 30.2 Å². The number of carbonyl (C=O) groups excluding carboxylic acids is 2. The molecular weight excluding hydrogens is 412 g/mol. The van der Waals surface area contributed by atoms with E-state index in [-0.39, 0.29) is 18.2 Å². The number of halogens is 1. The number of nitrogens with one attached hydrogen (secondary N) is 1. The zero-order chi connectivity index (χ0) is 22.5. The van der Waals surface area contributed by atoms with Crippen LogP contribution >= 0.6 is 11.6 Å². The maximum atomic E-state index is 13.2. The lowest BCUT2D eigenvalue weighted by atomic mass is 10.0. The molecule has 0 saturated carbocycles. The van der Waals surface area contributed by atoms with E-state index in [1.165, 1.54) is 0 Å². The second-order valence-corrected chi connectivity index (χ2v) is 8.38. The van der Waals surface area contributed by atoms with Gasteiger partial charge in [0, 0.05) is 16.1 Å². The summed E-state index contributed by atoms with van der Waals surface area (Å²) in [6, 6.07) is 13.6. The summed E-state index contributed by atoms with van der Waals surface area (Å²) in [6.45, 7) is 6.17. The van der Waals surface area contributed by atoms with Crippen LogP contribution in [0.25, 0.3) is 5.69 Å². The Morgan fingerprint density at radius 3 is 2.61 bits per heavy atom. The van der Waals surface area contributed by atoms with Gasteiger partial charge < -0.3 is 11.1 Å². The summed E-state index contributed by atoms with van der Waals surface area (Å²) in [6.07, 6.45) is 2.31. The van der Waals surface area contributed by atoms with E-state index in [0.29, 0.717) is 40.0 Å². The highest BCUT2D eigenvalue weighted by Crippen LogP contribution is 2.23. The SMILES string of the molecule is Cc1ncc(CNC(=O)[C@@H](N)CC(C)C)n1-c1ccccc1C(=O)c1cccc(Cl)c1. The normalized spacial score (nSPS) is 12.1. The zero-order valence-electron chi connectivity index (χ0n) is 17.9. The fourth-order valence-corrected chi connectivity index (χ4v) is 3.70. The van der Waals surface area contributed by atoms with Gasteiger partial charge in [-0.3, -0.25) is 14.2 Å². The summed E-state index contributed by atoms with van der Waals surface area (Å²) in [7, 11) is 0. The lowest BCUT2D eigenvalue weighted by Gasteiger charge is -2.17. The van der Waals surface area contributed by atoms with E-state index < -0.39 is 6.04 Å². The van der Waals surface area contributed by atoms with Crippen molar-refractivity contribution in [3.8, 4) is 5.69 Å². The van der Waals surface area contributed by atoms with Crippen LogP contribution < -0.4 is 11.1 Å². The van der Waals surface area contributed by atoms with Gasteiger partial charge in [0.15, 0.2) is 5.78 Å². The first-order chi connectivity index (χ1) is 14.8. The van der Waals surface area contributed by atoms with Crippen molar-refractivity contribution in [1.29, 1.82) is 0 Å². The zero-order valence-corrected chi connectivity index (χ0v) is 18.7. The molecule has 1 amide bonds. The molecule has 0 bridgehead atoms. The van der Waals surface area contributed by atoms with Crippen LogP contribution in [0.5, 0.6) is 0 Å². The Labute approximate surface area is 187 Å². The van der Waals surface area contributed by atoms with Crippen LogP contribution in [0.4, 0.5) is 0 Å². The number of carbonyl (C=O) groups is 2. The molecule has 162 valence electrons. The predicted octanol–water partition coefficient (Wildman–Crippen LogP) is 4.05. The van der Waals surface area contributed by atoms with Gasteiger partial charge in [0.25, 0.3) is 0 Å². The Morgan fingerprint density at radius 1 is 1.16 bits per heavy atom. The van der Waals surface area contributed by atoms with Crippen LogP contribution in [0.1, 0.15) is 47.7 Å². The van der Waals surface area contributed by atoms with Gasteiger partial charge in [-0.2, -0.15) is 0 Å². The van der Waals surface area contributed by atoms with Crippen LogP contribution in [0.15, 0.2) is 54.7 Å². The third kappa shape index (κ3) is 5.40. The van der Waals surface area contributed by atoms with Crippen molar-refractivity contribution in [2.24, 2.45) is 11.7 Å². The van der Waals surface area contributed by atoms with E-state index in [1.54, 1.807) is 36.5 Å². The molecule has 3 aromatic rings. The number of hydrogen-bond acceptors (Lipinski definition) is 4. The summed E-state index contributed by atoms with van der Waals surface area (Å²) in [4.78, 5) is 30.0. The van der Waals surface area contributed by atoms with Crippen molar-refractivity contribution in [1.82, 2.24) is 14.9 Å². The molecule has 0 aliphatic heterocycles. The average molecular weight is 439 g/mol. The second-order valence-electron chi connectivity index (χ2n) is 7.94. The summed E-state index contributed by atoms with van der Waals surface area (Å²) >= 11 is 6.08. The minimum Gasteiger partial charge on any atom is -0.349 e. The van der Waals surface area contributed by atoms with Crippen LogP contribution in [-0.2, 0) is 11.3 Å². The molecule has 1 atom stereocenters. The van der Waals surface area contributed by atoms with E-state index in [2.05, 4.69) is 10.3 Å². The molecule has 0 saturated heterocycles. The number of benzene rings is 2. The minimum absolute atomic E-state index is 0.139. The number of aryl methyl sites for hydroxylation is 1. The highest BCUT2D eigenvalue weighted by Gasteiger charge is 2.20. The highest BCUT2D eigenvalue weighted by atomic mass is 35.5. The third-order valence-electron chi connectivity index (χ3n) is 4.99. The third-order valence-corrected chi connectivity index (χ3v) is 5.23. The summed E-state index contributed by atoms with van der Waals surface area (Å²) < 4.78 is 1.88. The molecule has 3 N–H and O–H groups in total. The highest BCUT2D eigenvalue weighted by molar-refractivity contribution is 6.31. The lowest BCUT2D eigenvalue weighted by Crippen LogP contribution is -2.41. The largest absolute Gasteiger partial charge is 0.349 e. The van der Waals surface area contributed by atoms with Gasteiger partial charge in [-0.25, -0.2) is 4.98 Å². The van der Waals surface area contributed by atoms with Gasteiger partial charge in [0.2, 0.25) is 5.91 Å². The van der Waals surface area contributed by atoms with E-state index >= 15 is 0 Å². The molecule has 1 aromatic heterocycles. The van der Waals surface area contributed by atoms with Crippen molar-refractivity contribution < 1.29 is 9.59 Å². The first-order valence-corrected chi connectivity index (χ1v) is 10.6. The summed E-state index contributed by atoms with van der Waals surface area (Å²) in [5, 5.41) is 3.39. The second kappa shape index (κ2) is 9.90. The number of ketones is 1. The first kappa shape index (κ1) is 22.7. The summed E-state index contributed by atoms with van der Waals surface area (Å²) in [5.74, 6) is 0.697.